The van der Waals surface area contributed by atoms with E-state index in [4.69, 9.17) is 15.0 Å². The quantitative estimate of drug-likeness (QED) is 0.232. The molecular formula is C35H23N5. The van der Waals surface area contributed by atoms with E-state index in [9.17, 15) is 0 Å². The van der Waals surface area contributed by atoms with Gasteiger partial charge in [-0.1, -0.05) is 121 Å². The van der Waals surface area contributed by atoms with E-state index < -0.39 is 0 Å². The third kappa shape index (κ3) is 4.50. The zero-order chi connectivity index (χ0) is 26.7. The van der Waals surface area contributed by atoms with E-state index in [2.05, 4.69) is 70.6 Å². The summed E-state index contributed by atoms with van der Waals surface area (Å²) in [5.74, 6) is 1.95. The van der Waals surface area contributed by atoms with E-state index in [1.54, 1.807) is 6.33 Å². The van der Waals surface area contributed by atoms with E-state index >= 15 is 0 Å². The standard InChI is InChI=1S/C35H23N5/c1-3-9-25(10-4-1)33-38-34(26-11-5-2-6-12-26)40-35(39-33)27-17-15-24(16-18-27)29-19-20-30(28-21-36-23-37-22-28)32-14-8-7-13-31(29)32/h1-23H. The fraction of sp³-hybridized carbons (Fsp3) is 0. The highest BCUT2D eigenvalue weighted by atomic mass is 15.0. The topological polar surface area (TPSA) is 64.5 Å². The van der Waals surface area contributed by atoms with Crippen LogP contribution in [0.4, 0.5) is 0 Å². The van der Waals surface area contributed by atoms with Gasteiger partial charge in [0.1, 0.15) is 6.33 Å². The van der Waals surface area contributed by atoms with Gasteiger partial charge in [-0.2, -0.15) is 0 Å². The van der Waals surface area contributed by atoms with Crippen LogP contribution in [0, 0.1) is 0 Å². The molecule has 0 spiro atoms. The Bertz CT molecular complexity index is 1860. The summed E-state index contributed by atoms with van der Waals surface area (Å²) in [6, 6.07) is 41.3. The lowest BCUT2D eigenvalue weighted by atomic mass is 9.92. The van der Waals surface area contributed by atoms with Crippen LogP contribution in [0.5, 0.6) is 0 Å². The first-order valence-corrected chi connectivity index (χ1v) is 13.1. The minimum absolute atomic E-state index is 0.642. The van der Waals surface area contributed by atoms with E-state index in [0.717, 1.165) is 44.3 Å². The van der Waals surface area contributed by atoms with Crippen molar-refractivity contribution in [3.8, 4) is 56.4 Å². The fourth-order valence-electron chi connectivity index (χ4n) is 4.98. The molecule has 188 valence electrons. The summed E-state index contributed by atoms with van der Waals surface area (Å²) >= 11 is 0. The minimum atomic E-state index is 0.642. The smallest absolute Gasteiger partial charge is 0.164 e. The van der Waals surface area contributed by atoms with Crippen LogP contribution in [0.25, 0.3) is 67.2 Å². The molecule has 7 rings (SSSR count). The molecule has 0 N–H and O–H groups in total. The number of aromatic nitrogens is 5. The molecule has 40 heavy (non-hydrogen) atoms. The number of hydrogen-bond acceptors (Lipinski definition) is 5. The summed E-state index contributed by atoms with van der Waals surface area (Å²) in [4.78, 5) is 22.9. The lowest BCUT2D eigenvalue weighted by Crippen LogP contribution is -2.00. The highest BCUT2D eigenvalue weighted by Gasteiger charge is 2.13. The van der Waals surface area contributed by atoms with Crippen LogP contribution in [-0.4, -0.2) is 24.9 Å². The van der Waals surface area contributed by atoms with Gasteiger partial charge in [-0.05, 0) is 27.5 Å². The van der Waals surface area contributed by atoms with Gasteiger partial charge in [-0.25, -0.2) is 24.9 Å². The minimum Gasteiger partial charge on any atom is -0.244 e. The molecule has 2 heterocycles. The number of fused-ring (bicyclic) bond motifs is 1. The van der Waals surface area contributed by atoms with Crippen molar-refractivity contribution >= 4 is 10.8 Å². The van der Waals surface area contributed by atoms with Gasteiger partial charge < -0.3 is 0 Å². The van der Waals surface area contributed by atoms with E-state index in [0.29, 0.717) is 17.5 Å². The second-order valence-corrected chi connectivity index (χ2v) is 9.45. The predicted molar refractivity (Wildman–Crippen MR) is 160 cm³/mol. The maximum atomic E-state index is 4.86. The molecule has 0 saturated carbocycles. The Kier molecular flexibility index (Phi) is 6.07. The first-order chi connectivity index (χ1) is 19.8. The van der Waals surface area contributed by atoms with Gasteiger partial charge in [0.15, 0.2) is 17.5 Å². The Balaban J connectivity index is 1.31. The summed E-state index contributed by atoms with van der Waals surface area (Å²) in [5.41, 5.74) is 7.24. The largest absolute Gasteiger partial charge is 0.244 e. The van der Waals surface area contributed by atoms with Crippen molar-refractivity contribution in [2.45, 2.75) is 0 Å². The van der Waals surface area contributed by atoms with Crippen LogP contribution in [0.1, 0.15) is 0 Å². The normalized spacial score (nSPS) is 11.0. The molecule has 2 aromatic heterocycles. The van der Waals surface area contributed by atoms with Gasteiger partial charge in [0.2, 0.25) is 0 Å². The maximum Gasteiger partial charge on any atom is 0.164 e. The molecule has 0 fully saturated rings. The number of benzene rings is 5. The zero-order valence-electron chi connectivity index (χ0n) is 21.5. The fourth-order valence-corrected chi connectivity index (χ4v) is 4.98. The van der Waals surface area contributed by atoms with Gasteiger partial charge >= 0.3 is 0 Å². The Labute approximate surface area is 231 Å². The van der Waals surface area contributed by atoms with Crippen LogP contribution in [-0.2, 0) is 0 Å². The molecule has 0 amide bonds. The lowest BCUT2D eigenvalue weighted by Gasteiger charge is -2.12. The lowest BCUT2D eigenvalue weighted by molar-refractivity contribution is 1.07. The van der Waals surface area contributed by atoms with Gasteiger partial charge in [-0.3, -0.25) is 0 Å². The zero-order valence-corrected chi connectivity index (χ0v) is 21.5. The van der Waals surface area contributed by atoms with Crippen molar-refractivity contribution in [2.24, 2.45) is 0 Å². The average molecular weight is 514 g/mol. The molecule has 0 atom stereocenters. The highest BCUT2D eigenvalue weighted by molar-refractivity contribution is 6.04. The summed E-state index contributed by atoms with van der Waals surface area (Å²) in [6.07, 6.45) is 5.26. The molecule has 0 aliphatic heterocycles. The predicted octanol–water partition coefficient (Wildman–Crippen LogP) is 8.15. The van der Waals surface area contributed by atoms with Crippen LogP contribution in [0.3, 0.4) is 0 Å². The average Bonchev–Trinajstić information content (AvgIpc) is 3.05. The van der Waals surface area contributed by atoms with Gasteiger partial charge in [-0.15, -0.1) is 0 Å². The highest BCUT2D eigenvalue weighted by Crippen LogP contribution is 2.36. The molecule has 0 unspecified atom stereocenters. The van der Waals surface area contributed by atoms with Crippen molar-refractivity contribution < 1.29 is 0 Å². The SMILES string of the molecule is c1ccc(-c2nc(-c3ccccc3)nc(-c3ccc(-c4ccc(-c5cncnc5)c5ccccc45)cc3)n2)cc1. The Hall–Kier alpha value is -5.55. The van der Waals surface area contributed by atoms with Gasteiger partial charge in [0.05, 0.1) is 0 Å². The van der Waals surface area contributed by atoms with Gasteiger partial charge in [0.25, 0.3) is 0 Å². The Morgan fingerprint density at radius 1 is 0.325 bits per heavy atom. The molecule has 7 aromatic rings. The van der Waals surface area contributed by atoms with Crippen LogP contribution in [0.15, 0.2) is 140 Å². The Morgan fingerprint density at radius 3 is 1.23 bits per heavy atom. The third-order valence-electron chi connectivity index (χ3n) is 6.95. The molecule has 5 heteroatoms. The molecule has 5 nitrogen and oxygen atoms in total. The van der Waals surface area contributed by atoms with E-state index in [-0.39, 0.29) is 0 Å². The van der Waals surface area contributed by atoms with E-state index in [1.165, 1.54) is 5.39 Å². The third-order valence-corrected chi connectivity index (χ3v) is 6.95. The second-order valence-electron chi connectivity index (χ2n) is 9.45. The van der Waals surface area contributed by atoms with Crippen LogP contribution in [0.2, 0.25) is 0 Å². The second kappa shape index (κ2) is 10.3. The van der Waals surface area contributed by atoms with Crippen molar-refractivity contribution in [3.63, 3.8) is 0 Å². The first-order valence-electron chi connectivity index (χ1n) is 13.1. The molecule has 0 aliphatic carbocycles. The number of hydrogen-bond donors (Lipinski definition) is 0. The van der Waals surface area contributed by atoms with Gasteiger partial charge in [0, 0.05) is 34.6 Å². The summed E-state index contributed by atoms with van der Waals surface area (Å²) in [5, 5.41) is 2.34. The summed E-state index contributed by atoms with van der Waals surface area (Å²) in [7, 11) is 0. The molecule has 0 saturated heterocycles. The van der Waals surface area contributed by atoms with Crippen molar-refractivity contribution in [2.75, 3.05) is 0 Å². The van der Waals surface area contributed by atoms with Crippen LogP contribution >= 0.6 is 0 Å². The van der Waals surface area contributed by atoms with Crippen LogP contribution < -0.4 is 0 Å². The molecule has 5 aromatic carbocycles. The monoisotopic (exact) mass is 513 g/mol. The number of nitrogens with zero attached hydrogens (tertiary/aromatic N) is 5. The van der Waals surface area contributed by atoms with Crippen molar-refractivity contribution in [3.05, 3.63) is 140 Å². The molecular weight excluding hydrogens is 490 g/mol. The van der Waals surface area contributed by atoms with E-state index in [1.807, 2.05) is 73.1 Å². The first kappa shape index (κ1) is 23.6. The number of rotatable bonds is 5. The summed E-state index contributed by atoms with van der Waals surface area (Å²) in [6.45, 7) is 0. The summed E-state index contributed by atoms with van der Waals surface area (Å²) < 4.78 is 0. The van der Waals surface area contributed by atoms with Crippen molar-refractivity contribution in [1.82, 2.24) is 24.9 Å². The molecule has 0 aliphatic rings. The molecule has 0 bridgehead atoms. The van der Waals surface area contributed by atoms with Crippen molar-refractivity contribution in [1.29, 1.82) is 0 Å². The Morgan fingerprint density at radius 2 is 0.725 bits per heavy atom. The maximum absolute atomic E-state index is 4.86. The molecule has 0 radical (unpaired) electrons.